The van der Waals surface area contributed by atoms with Gasteiger partial charge in [-0.15, -0.1) is 0 Å². The monoisotopic (exact) mass is 547 g/mol. The maximum atomic E-state index is 13.1. The van der Waals surface area contributed by atoms with Crippen LogP contribution in [0.1, 0.15) is 25.0 Å². The van der Waals surface area contributed by atoms with Gasteiger partial charge in [0.2, 0.25) is 17.7 Å². The molecule has 9 N–H and O–H groups in total. The molecule has 0 aliphatic rings. The molecule has 0 unspecified atom stereocenters. The highest BCUT2D eigenvalue weighted by molar-refractivity contribution is 5.91. The lowest BCUT2D eigenvalue weighted by atomic mass is 10.1. The molecule has 2 rings (SSSR count). The third kappa shape index (κ3) is 12.6. The molecule has 12 nitrogen and oxygen atoms in total. The van der Waals surface area contributed by atoms with Crippen LogP contribution in [-0.2, 0) is 36.8 Å². The van der Waals surface area contributed by atoms with Crippen molar-refractivity contribution >= 4 is 29.7 Å². The van der Waals surface area contributed by atoms with E-state index >= 15 is 0 Å². The highest BCUT2D eigenvalue weighted by Gasteiger charge is 2.23. The van der Waals surface area contributed by atoms with Crippen molar-refractivity contribution in [1.82, 2.24) is 16.0 Å². The summed E-state index contributed by atoms with van der Waals surface area (Å²) < 4.78 is 13.1. The second-order valence-corrected chi connectivity index (χ2v) is 8.59. The number of aliphatic carboxylic acids is 2. The van der Waals surface area contributed by atoms with Gasteiger partial charge < -0.3 is 37.6 Å². The smallest absolute Gasteiger partial charge is 0.326 e. The molecule has 0 aromatic heterocycles. The van der Waals surface area contributed by atoms with E-state index in [1.807, 2.05) is 30.3 Å². The van der Waals surface area contributed by atoms with Gasteiger partial charge in [-0.2, -0.15) is 0 Å². The minimum Gasteiger partial charge on any atom is -0.480 e. The highest BCUT2D eigenvalue weighted by atomic mass is 19.1. The summed E-state index contributed by atoms with van der Waals surface area (Å²) in [5, 5.41) is 24.6. The summed E-state index contributed by atoms with van der Waals surface area (Å²) in [5.41, 5.74) is 12.3. The average molecular weight is 548 g/mol. The van der Waals surface area contributed by atoms with E-state index in [-0.39, 0.29) is 19.4 Å². The minimum atomic E-state index is -1.18. The molecule has 13 heteroatoms. The number of carbonyl (C=O) groups excluding carboxylic acids is 3. The average Bonchev–Trinajstić information content (AvgIpc) is 2.88. The van der Waals surface area contributed by atoms with E-state index in [1.54, 1.807) is 6.07 Å². The van der Waals surface area contributed by atoms with Crippen LogP contribution < -0.4 is 27.4 Å². The Morgan fingerprint density at radius 2 is 1.38 bits per heavy atom. The fourth-order valence-electron chi connectivity index (χ4n) is 3.10. The van der Waals surface area contributed by atoms with E-state index in [2.05, 4.69) is 16.0 Å². The Hall–Kier alpha value is -4.36. The fraction of sp³-hybridized carbons (Fsp3) is 0.346. The summed E-state index contributed by atoms with van der Waals surface area (Å²) in [7, 11) is 0. The molecule has 0 saturated carbocycles. The number of halogens is 1. The Morgan fingerprint density at radius 1 is 0.795 bits per heavy atom. The van der Waals surface area contributed by atoms with E-state index in [0.29, 0.717) is 5.56 Å². The summed E-state index contributed by atoms with van der Waals surface area (Å²) in [4.78, 5) is 56.3. The number of nitrogens with two attached hydrogens (primary N) is 2. The molecule has 2 aromatic carbocycles. The molecular formula is C26H34FN5O7. The lowest BCUT2D eigenvalue weighted by Gasteiger charge is -2.18. The topological polar surface area (TPSA) is 214 Å². The van der Waals surface area contributed by atoms with Crippen LogP contribution in [0.25, 0.3) is 0 Å². The zero-order valence-corrected chi connectivity index (χ0v) is 21.6. The van der Waals surface area contributed by atoms with E-state index < -0.39 is 59.6 Å². The Bertz CT molecular complexity index is 1130. The van der Waals surface area contributed by atoms with Crippen LogP contribution in [0, 0.1) is 5.82 Å². The van der Waals surface area contributed by atoms with Crippen molar-refractivity contribution in [2.45, 2.75) is 50.9 Å². The number of hydrogen-bond donors (Lipinski definition) is 7. The molecule has 0 fully saturated rings. The van der Waals surface area contributed by atoms with Crippen LogP contribution in [0.2, 0.25) is 0 Å². The molecule has 39 heavy (non-hydrogen) atoms. The number of hydrogen-bond acceptors (Lipinski definition) is 7. The number of carbonyl (C=O) groups is 5. The summed E-state index contributed by atoms with van der Waals surface area (Å²) in [6, 6.07) is 10.9. The standard InChI is InChI=1S/C15H20FN3O4.C11H14N2O3/c1-8(13(20)19-9(2)15(22)23)18-14(21)12(17)7-10-4-3-5-11(16)6-10;12-7-10(14)13-9(11(15)16)6-8-4-2-1-3-5-8/h3-6,8-9,12H,7,17H2,1-2H3,(H,18,21)(H,19,20)(H,22,23);1-5,9H,6-7,12H2,(H,13,14)(H,15,16)/t8-,9-,12-;9-/m00/s1. The Balaban J connectivity index is 0.000000416. The first-order valence-corrected chi connectivity index (χ1v) is 11.9. The van der Waals surface area contributed by atoms with Crippen LogP contribution in [0.4, 0.5) is 4.39 Å². The van der Waals surface area contributed by atoms with Gasteiger partial charge in [0.25, 0.3) is 0 Å². The molecule has 212 valence electrons. The van der Waals surface area contributed by atoms with E-state index in [9.17, 15) is 28.4 Å². The van der Waals surface area contributed by atoms with Crippen molar-refractivity contribution in [2.75, 3.05) is 6.54 Å². The van der Waals surface area contributed by atoms with Crippen molar-refractivity contribution in [1.29, 1.82) is 0 Å². The summed E-state index contributed by atoms with van der Waals surface area (Å²) in [5.74, 6) is -4.36. The third-order valence-corrected chi connectivity index (χ3v) is 5.26. The van der Waals surface area contributed by atoms with Crippen LogP contribution in [0.5, 0.6) is 0 Å². The number of amides is 3. The van der Waals surface area contributed by atoms with Gasteiger partial charge in [0.1, 0.15) is 23.9 Å². The summed E-state index contributed by atoms with van der Waals surface area (Å²) in [6.07, 6.45) is 0.366. The Morgan fingerprint density at radius 3 is 1.92 bits per heavy atom. The predicted octanol–water partition coefficient (Wildman–Crippen LogP) is -0.453. The summed E-state index contributed by atoms with van der Waals surface area (Å²) >= 11 is 0. The predicted molar refractivity (Wildman–Crippen MR) is 140 cm³/mol. The largest absolute Gasteiger partial charge is 0.480 e. The van der Waals surface area contributed by atoms with Gasteiger partial charge >= 0.3 is 11.9 Å². The number of benzene rings is 2. The van der Waals surface area contributed by atoms with Crippen LogP contribution in [0.15, 0.2) is 54.6 Å². The normalized spacial score (nSPS) is 13.4. The first-order valence-electron chi connectivity index (χ1n) is 11.9. The molecule has 0 heterocycles. The zero-order valence-electron chi connectivity index (χ0n) is 21.6. The fourth-order valence-corrected chi connectivity index (χ4v) is 3.10. The van der Waals surface area contributed by atoms with Crippen molar-refractivity contribution < 1.29 is 38.6 Å². The minimum absolute atomic E-state index is 0.115. The van der Waals surface area contributed by atoms with Gasteiger partial charge in [-0.05, 0) is 43.5 Å². The van der Waals surface area contributed by atoms with E-state index in [1.165, 1.54) is 32.0 Å². The molecule has 0 aliphatic carbocycles. The molecule has 0 saturated heterocycles. The number of nitrogens with one attached hydrogen (secondary N) is 3. The zero-order chi connectivity index (χ0) is 29.5. The van der Waals surface area contributed by atoms with Crippen LogP contribution in [-0.4, -0.2) is 70.6 Å². The maximum absolute atomic E-state index is 13.1. The van der Waals surface area contributed by atoms with Crippen molar-refractivity contribution in [2.24, 2.45) is 11.5 Å². The first-order chi connectivity index (χ1) is 18.3. The van der Waals surface area contributed by atoms with Gasteiger partial charge in [-0.25, -0.2) is 9.18 Å². The Kier molecular flexibility index (Phi) is 13.8. The quantitative estimate of drug-likeness (QED) is 0.183. The molecule has 0 spiro atoms. The third-order valence-electron chi connectivity index (χ3n) is 5.26. The van der Waals surface area contributed by atoms with Crippen molar-refractivity contribution in [3.05, 3.63) is 71.5 Å². The first kappa shape index (κ1) is 32.7. The van der Waals surface area contributed by atoms with Crippen molar-refractivity contribution in [3.8, 4) is 0 Å². The lowest BCUT2D eigenvalue weighted by Crippen LogP contribution is -2.53. The molecule has 4 atom stereocenters. The second-order valence-electron chi connectivity index (χ2n) is 8.59. The number of carboxylic acid groups (broad SMARTS) is 2. The molecular weight excluding hydrogens is 513 g/mol. The Labute approximate surface area is 224 Å². The van der Waals surface area contributed by atoms with Gasteiger partial charge in [-0.3, -0.25) is 19.2 Å². The van der Waals surface area contributed by atoms with Gasteiger partial charge in [0, 0.05) is 6.42 Å². The highest BCUT2D eigenvalue weighted by Crippen LogP contribution is 2.06. The summed E-state index contributed by atoms with van der Waals surface area (Å²) in [6.45, 7) is 2.51. The molecule has 0 aliphatic heterocycles. The number of carboxylic acids is 2. The van der Waals surface area contributed by atoms with Crippen molar-refractivity contribution in [3.63, 3.8) is 0 Å². The number of rotatable bonds is 12. The lowest BCUT2D eigenvalue weighted by molar-refractivity contribution is -0.142. The molecule has 3 amide bonds. The molecule has 0 bridgehead atoms. The molecule has 0 radical (unpaired) electrons. The SMILES string of the molecule is C[C@H](NC(=O)[C@H](C)NC(=O)[C@@H](N)Cc1cccc(F)c1)C(=O)O.NCC(=O)N[C@@H](Cc1ccccc1)C(=O)O. The van der Waals surface area contributed by atoms with Gasteiger partial charge in [-0.1, -0.05) is 42.5 Å². The van der Waals surface area contributed by atoms with E-state index in [4.69, 9.17) is 21.7 Å². The second kappa shape index (κ2) is 16.5. The van der Waals surface area contributed by atoms with Gasteiger partial charge in [0.05, 0.1) is 12.6 Å². The van der Waals surface area contributed by atoms with Gasteiger partial charge in [0.15, 0.2) is 0 Å². The van der Waals surface area contributed by atoms with Crippen LogP contribution in [0.3, 0.4) is 0 Å². The van der Waals surface area contributed by atoms with Crippen LogP contribution >= 0.6 is 0 Å². The molecule has 2 aromatic rings. The van der Waals surface area contributed by atoms with E-state index in [0.717, 1.165) is 5.56 Å². The maximum Gasteiger partial charge on any atom is 0.326 e.